The van der Waals surface area contributed by atoms with Gasteiger partial charge in [0.1, 0.15) is 11.5 Å². The molecule has 4 nitrogen and oxygen atoms in total. The fourth-order valence-electron chi connectivity index (χ4n) is 1.60. The van der Waals surface area contributed by atoms with Crippen LogP contribution >= 0.6 is 15.9 Å². The molecule has 104 valence electrons. The van der Waals surface area contributed by atoms with Gasteiger partial charge in [0, 0.05) is 10.5 Å². The molecule has 1 N–H and O–H groups in total. The van der Waals surface area contributed by atoms with Gasteiger partial charge in [0.05, 0.1) is 11.6 Å². The number of nitriles is 1. The third-order valence-electron chi connectivity index (χ3n) is 2.60. The average Bonchev–Trinajstić information content (AvgIpc) is 2.47. The van der Waals surface area contributed by atoms with Crippen LogP contribution in [0.2, 0.25) is 0 Å². The summed E-state index contributed by atoms with van der Waals surface area (Å²) in [5.41, 5.74) is 1.31. The van der Waals surface area contributed by atoms with Crippen molar-refractivity contribution in [2.45, 2.75) is 0 Å². The molecule has 0 fully saturated rings. The summed E-state index contributed by atoms with van der Waals surface area (Å²) < 4.78 is 6.39. The summed E-state index contributed by atoms with van der Waals surface area (Å²) in [7, 11) is 0. The molecule has 5 heteroatoms. The molecule has 21 heavy (non-hydrogen) atoms. The maximum Gasteiger partial charge on any atom is 0.328 e. The molecule has 0 bridgehead atoms. The lowest BCUT2D eigenvalue weighted by Gasteiger charge is -2.07. The van der Waals surface area contributed by atoms with Crippen molar-refractivity contribution in [1.29, 1.82) is 5.26 Å². The second-order valence-electron chi connectivity index (χ2n) is 4.09. The maximum atomic E-state index is 10.5. The van der Waals surface area contributed by atoms with Gasteiger partial charge in [0.25, 0.3) is 0 Å². The number of carboxylic acids is 1. The van der Waals surface area contributed by atoms with Gasteiger partial charge in [-0.05, 0) is 48.0 Å². The highest BCUT2D eigenvalue weighted by Gasteiger charge is 2.02. The van der Waals surface area contributed by atoms with Gasteiger partial charge in [-0.1, -0.05) is 22.0 Å². The lowest BCUT2D eigenvalue weighted by atomic mass is 10.2. The number of ether oxygens (including phenoxy) is 1. The van der Waals surface area contributed by atoms with E-state index in [-0.39, 0.29) is 0 Å². The van der Waals surface area contributed by atoms with E-state index in [1.165, 1.54) is 6.08 Å². The molecule has 2 aromatic carbocycles. The molecule has 0 unspecified atom stereocenters. The zero-order valence-corrected chi connectivity index (χ0v) is 12.4. The zero-order valence-electron chi connectivity index (χ0n) is 10.8. The van der Waals surface area contributed by atoms with Gasteiger partial charge in [-0.15, -0.1) is 0 Å². The highest BCUT2D eigenvalue weighted by molar-refractivity contribution is 9.10. The molecule has 0 atom stereocenters. The van der Waals surface area contributed by atoms with Crippen LogP contribution in [0.1, 0.15) is 11.1 Å². The molecule has 2 aromatic rings. The second kappa shape index (κ2) is 6.73. The second-order valence-corrected chi connectivity index (χ2v) is 4.95. The van der Waals surface area contributed by atoms with Crippen molar-refractivity contribution in [1.82, 2.24) is 0 Å². The van der Waals surface area contributed by atoms with Crippen LogP contribution in [0.5, 0.6) is 11.5 Å². The minimum Gasteiger partial charge on any atom is -0.478 e. The molecule has 0 spiro atoms. The normalized spacial score (nSPS) is 10.3. The van der Waals surface area contributed by atoms with Gasteiger partial charge in [-0.25, -0.2) is 4.79 Å². The lowest BCUT2D eigenvalue weighted by molar-refractivity contribution is -0.131. The number of hydrogen-bond donors (Lipinski definition) is 1. The molecule has 0 aromatic heterocycles. The number of hydrogen-bond acceptors (Lipinski definition) is 3. The van der Waals surface area contributed by atoms with Crippen LogP contribution in [0.15, 0.2) is 53.0 Å². The van der Waals surface area contributed by atoms with E-state index >= 15 is 0 Å². The van der Waals surface area contributed by atoms with Crippen molar-refractivity contribution in [3.63, 3.8) is 0 Å². The first kappa shape index (κ1) is 14.8. The molecule has 0 aliphatic carbocycles. The fourth-order valence-corrected chi connectivity index (χ4v) is 2.09. The van der Waals surface area contributed by atoms with E-state index < -0.39 is 5.97 Å². The average molecular weight is 344 g/mol. The van der Waals surface area contributed by atoms with Crippen molar-refractivity contribution >= 4 is 28.0 Å². The molecule has 0 radical (unpaired) electrons. The van der Waals surface area contributed by atoms with E-state index in [4.69, 9.17) is 15.1 Å². The van der Waals surface area contributed by atoms with Gasteiger partial charge >= 0.3 is 5.97 Å². The summed E-state index contributed by atoms with van der Waals surface area (Å²) in [6, 6.07) is 14.1. The Balaban J connectivity index is 2.16. The highest BCUT2D eigenvalue weighted by atomic mass is 79.9. The van der Waals surface area contributed by atoms with Crippen molar-refractivity contribution in [2.24, 2.45) is 0 Å². The molecular formula is C16H10BrNO3. The molecule has 0 aliphatic heterocycles. The molecule has 0 aliphatic rings. The predicted molar refractivity (Wildman–Crippen MR) is 82.0 cm³/mol. The van der Waals surface area contributed by atoms with Crippen LogP contribution in [-0.2, 0) is 4.79 Å². The van der Waals surface area contributed by atoms with Crippen LogP contribution in [0, 0.1) is 11.3 Å². The Hall–Kier alpha value is -2.58. The van der Waals surface area contributed by atoms with Gasteiger partial charge in [0.15, 0.2) is 0 Å². The molecule has 0 saturated heterocycles. The number of rotatable bonds is 4. The number of benzene rings is 2. The Kier molecular flexibility index (Phi) is 4.75. The Morgan fingerprint density at radius 3 is 2.43 bits per heavy atom. The van der Waals surface area contributed by atoms with E-state index in [2.05, 4.69) is 15.9 Å². The predicted octanol–water partition coefficient (Wildman–Crippen LogP) is 4.21. The van der Waals surface area contributed by atoms with Crippen LogP contribution < -0.4 is 4.74 Å². The first-order chi connectivity index (χ1) is 10.1. The third-order valence-corrected chi connectivity index (χ3v) is 3.28. The Bertz CT molecular complexity index is 730. The quantitative estimate of drug-likeness (QED) is 0.844. The topological polar surface area (TPSA) is 70.3 Å². The number of halogens is 1. The van der Waals surface area contributed by atoms with Crippen molar-refractivity contribution in [2.75, 3.05) is 0 Å². The monoisotopic (exact) mass is 343 g/mol. The summed E-state index contributed by atoms with van der Waals surface area (Å²) >= 11 is 3.37. The molecule has 0 amide bonds. The Morgan fingerprint density at radius 2 is 1.86 bits per heavy atom. The largest absolute Gasteiger partial charge is 0.478 e. The van der Waals surface area contributed by atoms with Gasteiger partial charge in [-0.2, -0.15) is 5.26 Å². The van der Waals surface area contributed by atoms with Crippen LogP contribution in [0.3, 0.4) is 0 Å². The summed E-state index contributed by atoms with van der Waals surface area (Å²) in [6.07, 6.45) is 2.57. The van der Waals surface area contributed by atoms with Crippen molar-refractivity contribution in [3.05, 3.63) is 64.1 Å². The highest BCUT2D eigenvalue weighted by Crippen LogP contribution is 2.28. The number of aliphatic carboxylic acids is 1. The Morgan fingerprint density at radius 1 is 1.19 bits per heavy atom. The van der Waals surface area contributed by atoms with Crippen LogP contribution in [0.25, 0.3) is 6.08 Å². The first-order valence-electron chi connectivity index (χ1n) is 5.97. The minimum absolute atomic E-state index is 0.567. The summed E-state index contributed by atoms with van der Waals surface area (Å²) in [6.45, 7) is 0. The Labute approximate surface area is 130 Å². The minimum atomic E-state index is -1.00. The van der Waals surface area contributed by atoms with Gasteiger partial charge < -0.3 is 9.84 Å². The molecule has 0 saturated carbocycles. The molecule has 0 heterocycles. The van der Waals surface area contributed by atoms with Gasteiger partial charge in [0.2, 0.25) is 0 Å². The fraction of sp³-hybridized carbons (Fsp3) is 0. The third kappa shape index (κ3) is 4.20. The van der Waals surface area contributed by atoms with Crippen LogP contribution in [0.4, 0.5) is 0 Å². The smallest absolute Gasteiger partial charge is 0.328 e. The molecule has 2 rings (SSSR count). The summed E-state index contributed by atoms with van der Waals surface area (Å²) in [4.78, 5) is 10.5. The SMILES string of the molecule is N#Cc1ccc(Oc2ccc(/C=C/C(=O)O)c(Br)c2)cc1. The number of nitrogens with zero attached hydrogens (tertiary/aromatic N) is 1. The molecular weight excluding hydrogens is 334 g/mol. The van der Waals surface area contributed by atoms with Crippen molar-refractivity contribution in [3.8, 4) is 17.6 Å². The zero-order chi connectivity index (χ0) is 15.2. The first-order valence-corrected chi connectivity index (χ1v) is 6.76. The lowest BCUT2D eigenvalue weighted by Crippen LogP contribution is -1.88. The number of carboxylic acid groups (broad SMARTS) is 1. The van der Waals surface area contributed by atoms with E-state index in [0.717, 1.165) is 16.1 Å². The van der Waals surface area contributed by atoms with Crippen molar-refractivity contribution < 1.29 is 14.6 Å². The van der Waals surface area contributed by atoms with Crippen LogP contribution in [-0.4, -0.2) is 11.1 Å². The van der Waals surface area contributed by atoms with E-state index in [1.807, 2.05) is 6.07 Å². The van der Waals surface area contributed by atoms with E-state index in [1.54, 1.807) is 42.5 Å². The summed E-state index contributed by atoms with van der Waals surface area (Å²) in [5, 5.41) is 17.3. The maximum absolute atomic E-state index is 10.5. The van der Waals surface area contributed by atoms with E-state index in [0.29, 0.717) is 17.1 Å². The summed E-state index contributed by atoms with van der Waals surface area (Å²) in [5.74, 6) is 0.230. The standard InChI is InChI=1S/C16H10BrNO3/c17-15-9-14(7-3-12(15)4-8-16(19)20)21-13-5-1-11(10-18)2-6-13/h1-9H,(H,19,20)/b8-4+. The van der Waals surface area contributed by atoms with E-state index in [9.17, 15) is 4.79 Å². The van der Waals surface area contributed by atoms with Gasteiger partial charge in [-0.3, -0.25) is 0 Å². The number of carbonyl (C=O) groups is 1.